The highest BCUT2D eigenvalue weighted by molar-refractivity contribution is 6.49. The average molecular weight is 377 g/mol. The lowest BCUT2D eigenvalue weighted by Gasteiger charge is -2.18. The first-order valence-electron chi connectivity index (χ1n) is 6.30. The highest BCUT2D eigenvalue weighted by atomic mass is 35.5. The Hall–Kier alpha value is -1.83. The monoisotopic (exact) mass is 375 g/mol. The molecule has 1 aromatic carbocycles. The number of anilines is 1. The van der Waals surface area contributed by atoms with Crippen molar-refractivity contribution in [3.05, 3.63) is 27.2 Å². The fourth-order valence-corrected chi connectivity index (χ4v) is 3.52. The number of methoxy groups -OCH3 is 1. The second-order valence-electron chi connectivity index (χ2n) is 4.80. The van der Waals surface area contributed by atoms with Crippen LogP contribution in [0.2, 0.25) is 15.1 Å². The number of nitrogens with zero attached hydrogens (tertiary/aromatic N) is 2. The largest absolute Gasteiger partial charge is 0.464 e. The van der Waals surface area contributed by atoms with Gasteiger partial charge < -0.3 is 4.74 Å². The molecule has 0 bridgehead atoms. The number of rotatable bonds is 2. The zero-order valence-corrected chi connectivity index (χ0v) is 13.7. The maximum atomic E-state index is 12.6. The Morgan fingerprint density at radius 3 is 2.39 bits per heavy atom. The van der Waals surface area contributed by atoms with Crippen LogP contribution in [0, 0.1) is 5.92 Å². The van der Waals surface area contributed by atoms with Crippen LogP contribution in [0.3, 0.4) is 0 Å². The molecule has 0 saturated carbocycles. The maximum absolute atomic E-state index is 12.6. The number of hydrogen-bond donors (Lipinski definition) is 1. The number of halogens is 3. The van der Waals surface area contributed by atoms with Gasteiger partial charge in [-0.05, 0) is 12.1 Å². The fraction of sp³-hybridized carbons (Fsp3) is 0.231. The summed E-state index contributed by atoms with van der Waals surface area (Å²) in [5.74, 6) is -3.16. The molecule has 0 aromatic heterocycles. The first kappa shape index (κ1) is 16.0. The summed E-state index contributed by atoms with van der Waals surface area (Å²) >= 11 is 18.0. The van der Waals surface area contributed by atoms with Gasteiger partial charge in [0, 0.05) is 5.02 Å². The number of carbonyl (C=O) groups is 3. The highest BCUT2D eigenvalue weighted by Gasteiger charge is 2.56. The van der Waals surface area contributed by atoms with Crippen molar-refractivity contribution < 1.29 is 19.1 Å². The predicted octanol–water partition coefficient (Wildman–Crippen LogP) is 1.64. The first-order chi connectivity index (χ1) is 10.9. The van der Waals surface area contributed by atoms with Gasteiger partial charge in [-0.25, -0.2) is 9.69 Å². The molecule has 3 rings (SSSR count). The SMILES string of the molecule is COC(=O)C1=NN[C@@H]2C(=O)N(c3c(Cl)cc(Cl)cc3Cl)C(=O)[C@H]12. The number of benzene rings is 1. The fourth-order valence-electron chi connectivity index (χ4n) is 2.53. The minimum Gasteiger partial charge on any atom is -0.464 e. The molecule has 1 aromatic rings. The van der Waals surface area contributed by atoms with Gasteiger partial charge >= 0.3 is 5.97 Å². The molecule has 10 heteroatoms. The topological polar surface area (TPSA) is 88.1 Å². The second kappa shape index (κ2) is 5.67. The molecule has 2 amide bonds. The van der Waals surface area contributed by atoms with Crippen molar-refractivity contribution in [3.8, 4) is 0 Å². The van der Waals surface area contributed by atoms with E-state index in [1.54, 1.807) is 0 Å². The molecule has 2 aliphatic heterocycles. The number of nitrogens with one attached hydrogen (secondary N) is 1. The van der Waals surface area contributed by atoms with E-state index in [2.05, 4.69) is 15.3 Å². The molecule has 0 spiro atoms. The van der Waals surface area contributed by atoms with Crippen LogP contribution in [0.15, 0.2) is 17.2 Å². The number of hydrogen-bond acceptors (Lipinski definition) is 6. The zero-order chi connectivity index (χ0) is 16.9. The molecule has 1 fully saturated rings. The van der Waals surface area contributed by atoms with Gasteiger partial charge in [-0.3, -0.25) is 15.0 Å². The van der Waals surface area contributed by atoms with Gasteiger partial charge in [0.15, 0.2) is 5.71 Å². The molecule has 1 N–H and O–H groups in total. The molecule has 23 heavy (non-hydrogen) atoms. The third kappa shape index (κ3) is 2.36. The van der Waals surface area contributed by atoms with Crippen molar-refractivity contribution in [3.63, 3.8) is 0 Å². The predicted molar refractivity (Wildman–Crippen MR) is 83.8 cm³/mol. The quantitative estimate of drug-likeness (QED) is 0.626. The zero-order valence-electron chi connectivity index (χ0n) is 11.5. The third-order valence-electron chi connectivity index (χ3n) is 3.52. The maximum Gasteiger partial charge on any atom is 0.355 e. The Bertz CT molecular complexity index is 757. The molecule has 2 aliphatic rings. The lowest BCUT2D eigenvalue weighted by Crippen LogP contribution is -2.36. The van der Waals surface area contributed by atoms with E-state index in [9.17, 15) is 14.4 Å². The Morgan fingerprint density at radius 1 is 1.22 bits per heavy atom. The normalized spacial score (nSPS) is 22.8. The van der Waals surface area contributed by atoms with Crippen LogP contribution in [0.4, 0.5) is 5.69 Å². The molecule has 7 nitrogen and oxygen atoms in total. The van der Waals surface area contributed by atoms with Crippen molar-refractivity contribution in [1.82, 2.24) is 5.43 Å². The van der Waals surface area contributed by atoms with Crippen LogP contribution in [-0.2, 0) is 19.1 Å². The second-order valence-corrected chi connectivity index (χ2v) is 6.05. The Labute approximate surface area is 145 Å². The van der Waals surface area contributed by atoms with Crippen LogP contribution in [0.5, 0.6) is 0 Å². The van der Waals surface area contributed by atoms with E-state index in [0.29, 0.717) is 0 Å². The van der Waals surface area contributed by atoms with Crippen molar-refractivity contribution in [2.75, 3.05) is 12.0 Å². The van der Waals surface area contributed by atoms with Crippen molar-refractivity contribution >= 4 is 64.0 Å². The average Bonchev–Trinajstić information content (AvgIpc) is 3.01. The van der Waals surface area contributed by atoms with Crippen LogP contribution in [0.25, 0.3) is 0 Å². The molecule has 0 aliphatic carbocycles. The van der Waals surface area contributed by atoms with E-state index in [-0.39, 0.29) is 26.5 Å². The minimum absolute atomic E-state index is 0.0214. The molecule has 0 unspecified atom stereocenters. The number of carbonyl (C=O) groups excluding carboxylic acids is 3. The Balaban J connectivity index is 2.05. The minimum atomic E-state index is -1.09. The van der Waals surface area contributed by atoms with E-state index in [0.717, 1.165) is 12.0 Å². The van der Waals surface area contributed by atoms with Crippen molar-refractivity contribution in [2.24, 2.45) is 11.0 Å². The summed E-state index contributed by atoms with van der Waals surface area (Å²) in [5.41, 5.74) is 2.33. The van der Waals surface area contributed by atoms with Gasteiger partial charge in [0.2, 0.25) is 5.91 Å². The van der Waals surface area contributed by atoms with Gasteiger partial charge in [-0.2, -0.15) is 5.10 Å². The first-order valence-corrected chi connectivity index (χ1v) is 7.44. The van der Waals surface area contributed by atoms with E-state index in [4.69, 9.17) is 34.8 Å². The van der Waals surface area contributed by atoms with E-state index >= 15 is 0 Å². The Morgan fingerprint density at radius 2 is 1.83 bits per heavy atom. The van der Waals surface area contributed by atoms with Gasteiger partial charge in [0.25, 0.3) is 5.91 Å². The van der Waals surface area contributed by atoms with Gasteiger partial charge in [-0.15, -0.1) is 0 Å². The summed E-state index contributed by atoms with van der Waals surface area (Å²) in [6.07, 6.45) is 0. The summed E-state index contributed by atoms with van der Waals surface area (Å²) in [4.78, 5) is 37.7. The lowest BCUT2D eigenvalue weighted by atomic mass is 9.99. The van der Waals surface area contributed by atoms with E-state index < -0.39 is 29.7 Å². The number of amides is 2. The number of imide groups is 1. The molecule has 120 valence electrons. The number of esters is 1. The third-order valence-corrected chi connectivity index (χ3v) is 4.32. The molecule has 1 saturated heterocycles. The number of hydrazone groups is 1. The smallest absolute Gasteiger partial charge is 0.355 e. The van der Waals surface area contributed by atoms with Crippen molar-refractivity contribution in [1.29, 1.82) is 0 Å². The van der Waals surface area contributed by atoms with Gasteiger partial charge in [0.05, 0.1) is 22.8 Å². The molecular weight excluding hydrogens is 369 g/mol. The summed E-state index contributed by atoms with van der Waals surface area (Å²) in [7, 11) is 1.16. The van der Waals surface area contributed by atoms with Gasteiger partial charge in [-0.1, -0.05) is 34.8 Å². The summed E-state index contributed by atoms with van der Waals surface area (Å²) < 4.78 is 4.57. The Kier molecular flexibility index (Phi) is 3.95. The van der Waals surface area contributed by atoms with Crippen LogP contribution >= 0.6 is 34.8 Å². The van der Waals surface area contributed by atoms with Crippen LogP contribution in [0.1, 0.15) is 0 Å². The van der Waals surface area contributed by atoms with Gasteiger partial charge in [0.1, 0.15) is 12.0 Å². The number of fused-ring (bicyclic) bond motifs is 1. The highest BCUT2D eigenvalue weighted by Crippen LogP contribution is 2.41. The summed E-state index contributed by atoms with van der Waals surface area (Å²) in [6.45, 7) is 0. The van der Waals surface area contributed by atoms with E-state index in [1.807, 2.05) is 0 Å². The molecular formula is C13H8Cl3N3O4. The molecule has 0 radical (unpaired) electrons. The molecule has 2 heterocycles. The number of ether oxygens (including phenoxy) is 1. The molecule has 2 atom stereocenters. The van der Waals surface area contributed by atoms with E-state index in [1.165, 1.54) is 12.1 Å². The van der Waals surface area contributed by atoms with Crippen molar-refractivity contribution in [2.45, 2.75) is 6.04 Å². The standard InChI is InChI=1S/C13H8Cl3N3O4/c1-23-13(22)9-7-8(17-18-9)12(21)19(11(7)20)10-5(15)2-4(14)3-6(10)16/h2-3,7-8,17H,1H3/t7-,8-/m0/s1. The van der Waals surface area contributed by atoms with Crippen LogP contribution in [-0.4, -0.2) is 36.6 Å². The summed E-state index contributed by atoms with van der Waals surface area (Å²) in [5, 5.41) is 4.06. The lowest BCUT2D eigenvalue weighted by molar-refractivity contribution is -0.133. The summed E-state index contributed by atoms with van der Waals surface area (Å²) in [6, 6.07) is 1.73. The van der Waals surface area contributed by atoms with Crippen LogP contribution < -0.4 is 10.3 Å².